The molecule has 418 valence electrons. The van der Waals surface area contributed by atoms with Crippen LogP contribution in [0.2, 0.25) is 0 Å². The molecule has 6 aliphatic rings. The Balaban J connectivity index is 0.000000265. The third kappa shape index (κ3) is 12.4. The van der Waals surface area contributed by atoms with Crippen LogP contribution in [0.4, 0.5) is 0 Å². The zero-order valence-corrected chi connectivity index (χ0v) is 38.2. The number of nitrogens with two attached hydrogens (primary N) is 6. The van der Waals surface area contributed by atoms with Gasteiger partial charge in [0, 0.05) is 0 Å². The second-order valence-electron chi connectivity index (χ2n) is 18.2. The van der Waals surface area contributed by atoms with Crippen LogP contribution < -0.4 is 34.4 Å². The molecular weight excluding hydrogens is 972 g/mol. The van der Waals surface area contributed by atoms with Crippen LogP contribution in [0.25, 0.3) is 0 Å². The smallest absolute Gasteiger partial charge is 0.176 e. The fourth-order valence-electron chi connectivity index (χ4n) is 8.89. The van der Waals surface area contributed by atoms with Gasteiger partial charge in [0.05, 0.1) is 82.0 Å². The molecule has 6 rings (SSSR count). The predicted molar refractivity (Wildman–Crippen MR) is 225 cm³/mol. The van der Waals surface area contributed by atoms with Gasteiger partial charge in [-0.25, -0.2) is 0 Å². The maximum absolute atomic E-state index is 10.9. The van der Waals surface area contributed by atoms with E-state index < -0.39 is 229 Å². The van der Waals surface area contributed by atoms with Crippen LogP contribution in [0.15, 0.2) is 0 Å². The first-order valence-electron chi connectivity index (χ1n) is 22.6. The molecule has 0 aromatic heterocycles. The molecule has 0 aromatic rings. The van der Waals surface area contributed by atoms with Crippen molar-refractivity contribution in [2.45, 2.75) is 196 Å². The Morgan fingerprint density at radius 3 is 1.03 bits per heavy atom. The van der Waals surface area contributed by atoms with Crippen molar-refractivity contribution >= 4 is 0 Å². The lowest BCUT2D eigenvalue weighted by Crippen LogP contribution is -2.73. The highest BCUT2D eigenvalue weighted by Crippen LogP contribution is 2.36. The molecule has 6 heterocycles. The second kappa shape index (κ2) is 25.7. The van der Waals surface area contributed by atoms with E-state index in [1.807, 2.05) is 0 Å². The molecule has 0 aliphatic carbocycles. The second-order valence-corrected chi connectivity index (χ2v) is 18.2. The lowest BCUT2D eigenvalue weighted by Gasteiger charge is -2.52. The summed E-state index contributed by atoms with van der Waals surface area (Å²) in [7, 11) is 0. The summed E-state index contributed by atoms with van der Waals surface area (Å²) in [5, 5.41) is 171. The van der Waals surface area contributed by atoms with E-state index in [4.69, 9.17) is 81.8 Å². The number of aliphatic hydroxyl groups excluding tert-OH is 17. The summed E-state index contributed by atoms with van der Waals surface area (Å²) in [4.78, 5) is 0. The molecule has 0 spiro atoms. The summed E-state index contributed by atoms with van der Waals surface area (Å²) in [6, 6.07) is -7.98. The van der Waals surface area contributed by atoms with Gasteiger partial charge in [-0.15, -0.1) is 0 Å². The summed E-state index contributed by atoms with van der Waals surface area (Å²) in [6.45, 7) is -3.14. The first-order chi connectivity index (χ1) is 33.4. The van der Waals surface area contributed by atoms with Gasteiger partial charge >= 0.3 is 0 Å². The topological polar surface area (TPSA) is 592 Å². The molecule has 0 aromatic carbocycles. The highest BCUT2D eigenvalue weighted by molar-refractivity contribution is 5.06. The zero-order valence-electron chi connectivity index (χ0n) is 38.2. The van der Waals surface area contributed by atoms with Gasteiger partial charge in [0.2, 0.25) is 0 Å². The third-order valence-corrected chi connectivity index (χ3v) is 13.6. The molecule has 6 fully saturated rings. The number of rotatable bonds is 15. The van der Waals surface area contributed by atoms with E-state index in [9.17, 15) is 86.8 Å². The van der Waals surface area contributed by atoms with Gasteiger partial charge < -0.3 is 169 Å². The minimum Gasteiger partial charge on any atom is -0.394 e. The Bertz CT molecular complexity index is 1610. The van der Waals surface area contributed by atoms with Crippen LogP contribution in [-0.2, 0) is 47.4 Å². The van der Waals surface area contributed by atoms with Crippen LogP contribution in [0.5, 0.6) is 0 Å². The molecule has 33 heteroatoms. The van der Waals surface area contributed by atoms with Gasteiger partial charge in [-0.2, -0.15) is 0 Å². The Hall–Kier alpha value is -1.32. The van der Waals surface area contributed by atoms with Gasteiger partial charge in [0.15, 0.2) is 37.7 Å². The summed E-state index contributed by atoms with van der Waals surface area (Å²) in [5.41, 5.74) is 33.2. The summed E-state index contributed by atoms with van der Waals surface area (Å²) in [6.07, 6.45) is -35.0. The van der Waals surface area contributed by atoms with Crippen LogP contribution in [0.1, 0.15) is 6.92 Å². The first-order valence-corrected chi connectivity index (χ1v) is 22.6. The van der Waals surface area contributed by atoms with Gasteiger partial charge in [-0.3, -0.25) is 0 Å². The molecule has 0 bridgehead atoms. The summed E-state index contributed by atoms with van der Waals surface area (Å²) in [5.74, 6) is 0. The maximum Gasteiger partial charge on any atom is 0.176 e. The van der Waals surface area contributed by atoms with Crippen molar-refractivity contribution in [3.05, 3.63) is 0 Å². The van der Waals surface area contributed by atoms with Crippen molar-refractivity contribution in [2.75, 3.05) is 39.6 Å². The van der Waals surface area contributed by atoms with Crippen molar-refractivity contribution in [1.82, 2.24) is 0 Å². The molecule has 0 radical (unpaired) electrons. The average Bonchev–Trinajstić information content (AvgIpc) is 3.35. The molecule has 0 amide bonds. The summed E-state index contributed by atoms with van der Waals surface area (Å²) < 4.78 is 55.2. The van der Waals surface area contributed by atoms with Crippen LogP contribution >= 0.6 is 0 Å². The van der Waals surface area contributed by atoms with Gasteiger partial charge in [0.1, 0.15) is 109 Å². The lowest BCUT2D eigenvalue weighted by atomic mass is 9.82. The van der Waals surface area contributed by atoms with Crippen LogP contribution in [0.3, 0.4) is 0 Å². The predicted octanol–water partition coefficient (Wildman–Crippen LogP) is -15.6. The molecule has 6 saturated heterocycles. The Morgan fingerprint density at radius 2 is 0.690 bits per heavy atom. The molecule has 33 nitrogen and oxygen atoms in total. The average molecular weight is 1050 g/mol. The van der Waals surface area contributed by atoms with Crippen LogP contribution in [-0.4, -0.2) is 316 Å². The Labute approximate surface area is 404 Å². The third-order valence-electron chi connectivity index (χ3n) is 13.6. The van der Waals surface area contributed by atoms with Crippen molar-refractivity contribution in [3.63, 3.8) is 0 Å². The number of hydrogen-bond donors (Lipinski definition) is 23. The molecule has 6 aliphatic heterocycles. The molecule has 71 heavy (non-hydrogen) atoms. The van der Waals surface area contributed by atoms with E-state index in [1.54, 1.807) is 0 Å². The molecule has 5 unspecified atom stereocenters. The molecular formula is C38H74N6O27. The minimum atomic E-state index is -2.08. The molecule has 0 saturated carbocycles. The van der Waals surface area contributed by atoms with E-state index >= 15 is 0 Å². The van der Waals surface area contributed by atoms with Crippen molar-refractivity contribution < 1.29 is 134 Å². The fraction of sp³-hybridized carbons (Fsp3) is 1.00. The van der Waals surface area contributed by atoms with Crippen LogP contribution in [0, 0.1) is 0 Å². The first kappa shape index (κ1) is 60.5. The highest BCUT2D eigenvalue weighted by Gasteiger charge is 2.58. The number of ether oxygens (including phenoxy) is 10. The van der Waals surface area contributed by atoms with Crippen molar-refractivity contribution in [2.24, 2.45) is 34.4 Å². The van der Waals surface area contributed by atoms with E-state index in [1.165, 1.54) is 6.92 Å². The van der Waals surface area contributed by atoms with Crippen molar-refractivity contribution in [3.8, 4) is 0 Å². The fourth-order valence-corrected chi connectivity index (χ4v) is 8.89. The number of aliphatic hydroxyl groups is 17. The largest absolute Gasteiger partial charge is 0.394 e. The lowest BCUT2D eigenvalue weighted by molar-refractivity contribution is -0.368. The normalized spacial score (nSPS) is 52.3. The SMILES string of the molecule is CC(O)[C@@]1(CO)O[C@H](OC2[C@@H](CO)O[C@@H](OC3[C@@H](CO)O[C@@H](O)[C@H](N)[C@H]3O)[C@H](N)[C@H]2O)[C@H](N)[C@@H](O)[C@@H]1O.N[C@H]1[C@H](OC2[C@@H](CO)O[C@@H](OC3[C@@H](CO)O[C@@H](O)[C@H](N)[C@H]3O)[C@H](N)[C@H]2O)O[C@H](CO)[C@@H](O)[C@@H]1O. The van der Waals surface area contributed by atoms with Crippen molar-refractivity contribution in [1.29, 1.82) is 0 Å². The van der Waals surface area contributed by atoms with Gasteiger partial charge in [-0.1, -0.05) is 0 Å². The van der Waals surface area contributed by atoms with E-state index in [0.29, 0.717) is 0 Å². The Morgan fingerprint density at radius 1 is 0.394 bits per heavy atom. The minimum absolute atomic E-state index is 0.651. The highest BCUT2D eigenvalue weighted by atomic mass is 16.8. The number of hydrogen-bond acceptors (Lipinski definition) is 33. The molecule has 29 N–H and O–H groups in total. The maximum atomic E-state index is 10.9. The standard InChI is InChI=1S/C20H39N3O14.C18H35N3O13/c1-5(27)20(4-26)16(31)13(30)10(23)19(37-20)36-15-7(3-25)34-18(9(22)12(15)29)35-14-6(2-24)33-17(32)8(21)11(14)28;19-7-12(27)14(5(2-23)30-16(7)29)33-18-9(21)13(28)15(6(3-24)32-18)34-17-8(20)11(26)10(25)4(1-22)31-17/h5-19,24-32H,2-4,21-23H2,1H3;4-18,22-29H,1-3,19-21H2/t5?,6-,7-,8-,9-,10-,11-,12-,13-,14?,15?,16+,17-,18+,19+,20-;4-,5-,6-,7-,8-,9-,10-,11-,12-,13-,14?,15?,16-,17+,18+/m11/s1. The Kier molecular flexibility index (Phi) is 21.9. The van der Waals surface area contributed by atoms with E-state index in [-0.39, 0.29) is 0 Å². The van der Waals surface area contributed by atoms with Gasteiger partial charge in [0.25, 0.3) is 0 Å². The van der Waals surface area contributed by atoms with Gasteiger partial charge in [-0.05, 0) is 6.92 Å². The monoisotopic (exact) mass is 1050 g/mol. The quantitative estimate of drug-likeness (QED) is 0.0724. The van der Waals surface area contributed by atoms with E-state index in [0.717, 1.165) is 0 Å². The summed E-state index contributed by atoms with van der Waals surface area (Å²) >= 11 is 0. The van der Waals surface area contributed by atoms with E-state index in [2.05, 4.69) is 0 Å². The zero-order chi connectivity index (χ0) is 53.1. The molecule has 31 atom stereocenters.